The van der Waals surface area contributed by atoms with Gasteiger partial charge in [0.15, 0.2) is 17.5 Å². The third-order valence-corrected chi connectivity index (χ3v) is 6.73. The molecule has 0 N–H and O–H groups in total. The molecular weight excluding hydrogens is 410 g/mol. The first kappa shape index (κ1) is 21.9. The lowest BCUT2D eigenvalue weighted by Gasteiger charge is -2.37. The van der Waals surface area contributed by atoms with Crippen LogP contribution in [0.5, 0.6) is 0 Å². The molecule has 0 unspecified atom stereocenters. The van der Waals surface area contributed by atoms with Crippen LogP contribution in [-0.4, -0.2) is 28.7 Å². The highest BCUT2D eigenvalue weighted by Gasteiger charge is 2.37. The van der Waals surface area contributed by atoms with Gasteiger partial charge in [0.2, 0.25) is 0 Å². The molecule has 1 aromatic heterocycles. The Morgan fingerprint density at radius 1 is 1.03 bits per heavy atom. The molecule has 3 aromatic rings. The zero-order chi connectivity index (χ0) is 22.3. The number of hydrogen-bond donors (Lipinski definition) is 0. The minimum atomic E-state index is -4.10. The van der Waals surface area contributed by atoms with E-state index in [2.05, 4.69) is 10.2 Å². The molecule has 160 valence electrons. The average molecular weight is 435 g/mol. The Morgan fingerprint density at radius 3 is 2.20 bits per heavy atom. The highest BCUT2D eigenvalue weighted by molar-refractivity contribution is 7.93. The molecule has 0 radical (unpaired) electrons. The molecule has 0 bridgehead atoms. The van der Waals surface area contributed by atoms with Crippen LogP contribution in [0.4, 0.5) is 14.5 Å². The molecule has 0 aliphatic heterocycles. The number of nitrogens with zero attached hydrogens (tertiary/aromatic N) is 4. The minimum Gasteiger partial charge on any atom is -0.311 e. The van der Waals surface area contributed by atoms with Crippen molar-refractivity contribution in [2.45, 2.75) is 51.6 Å². The lowest BCUT2D eigenvalue weighted by molar-refractivity contribution is 0.505. The maximum Gasteiger partial charge on any atom is 0.264 e. The predicted molar refractivity (Wildman–Crippen MR) is 112 cm³/mol. The minimum absolute atomic E-state index is 0.00708. The van der Waals surface area contributed by atoms with Crippen LogP contribution >= 0.6 is 0 Å². The van der Waals surface area contributed by atoms with Crippen LogP contribution in [0.2, 0.25) is 0 Å². The van der Waals surface area contributed by atoms with Crippen molar-refractivity contribution in [1.82, 2.24) is 14.8 Å². The second-order valence-electron chi connectivity index (χ2n) is 7.85. The van der Waals surface area contributed by atoms with E-state index < -0.39 is 27.2 Å². The van der Waals surface area contributed by atoms with Crippen LogP contribution in [0, 0.1) is 18.6 Å². The summed E-state index contributed by atoms with van der Waals surface area (Å²) < 4.78 is 58.6. The van der Waals surface area contributed by atoms with Gasteiger partial charge < -0.3 is 4.57 Å². The molecule has 2 aromatic carbocycles. The molecule has 0 aliphatic rings. The summed E-state index contributed by atoms with van der Waals surface area (Å²) in [5.74, 6) is -1.40. The van der Waals surface area contributed by atoms with Crippen LogP contribution in [0.3, 0.4) is 0 Å². The average Bonchev–Trinajstić information content (AvgIpc) is 3.04. The van der Waals surface area contributed by atoms with E-state index in [0.29, 0.717) is 12.4 Å². The Labute approximate surface area is 175 Å². The van der Waals surface area contributed by atoms with Crippen LogP contribution < -0.4 is 4.31 Å². The first-order valence-corrected chi connectivity index (χ1v) is 10.9. The zero-order valence-electron chi connectivity index (χ0n) is 17.5. The molecule has 0 saturated carbocycles. The molecule has 0 atom stereocenters. The van der Waals surface area contributed by atoms with Gasteiger partial charge in [-0.05, 0) is 52.8 Å². The number of aryl methyl sites for hydroxylation is 1. The Morgan fingerprint density at radius 2 is 1.63 bits per heavy atom. The number of sulfonamides is 1. The van der Waals surface area contributed by atoms with E-state index in [-0.39, 0.29) is 22.0 Å². The molecule has 0 spiro atoms. The van der Waals surface area contributed by atoms with Gasteiger partial charge in [-0.2, -0.15) is 0 Å². The van der Waals surface area contributed by atoms with Crippen molar-refractivity contribution in [3.8, 4) is 11.4 Å². The summed E-state index contributed by atoms with van der Waals surface area (Å²) in [6.45, 7) is 9.15. The standard InChI is InChI=1S/C21H24F2N4O2S/c1-6-26-14(2)24-25-20(26)16-12-17(22)18(23)13-19(16)27(21(3,4)5)30(28,29)15-10-8-7-9-11-15/h7-13H,6H2,1-5H3. The van der Waals surface area contributed by atoms with E-state index in [0.717, 1.165) is 16.4 Å². The SMILES string of the molecule is CCn1c(C)nnc1-c1cc(F)c(F)cc1N(C(C)(C)C)S(=O)(=O)c1ccccc1. The number of rotatable bonds is 5. The van der Waals surface area contributed by atoms with Crippen molar-refractivity contribution in [3.05, 3.63) is 59.9 Å². The molecule has 0 fully saturated rings. The summed E-state index contributed by atoms with van der Waals surface area (Å²) in [7, 11) is -4.10. The van der Waals surface area contributed by atoms with Gasteiger partial charge in [-0.15, -0.1) is 10.2 Å². The molecule has 0 amide bonds. The monoisotopic (exact) mass is 434 g/mol. The topological polar surface area (TPSA) is 68.1 Å². The molecule has 6 nitrogen and oxygen atoms in total. The maximum absolute atomic E-state index is 14.4. The Balaban J connectivity index is 2.37. The number of anilines is 1. The first-order chi connectivity index (χ1) is 14.0. The van der Waals surface area contributed by atoms with Crippen molar-refractivity contribution >= 4 is 15.7 Å². The van der Waals surface area contributed by atoms with E-state index in [1.807, 2.05) is 6.92 Å². The van der Waals surface area contributed by atoms with Crippen LogP contribution in [0.15, 0.2) is 47.4 Å². The van der Waals surface area contributed by atoms with Gasteiger partial charge in [0, 0.05) is 23.7 Å². The van der Waals surface area contributed by atoms with Crippen molar-refractivity contribution in [1.29, 1.82) is 0 Å². The second-order valence-corrected chi connectivity index (χ2v) is 9.64. The van der Waals surface area contributed by atoms with Crippen LogP contribution in [-0.2, 0) is 16.6 Å². The normalized spacial score (nSPS) is 12.2. The molecule has 0 saturated heterocycles. The summed E-state index contributed by atoms with van der Waals surface area (Å²) >= 11 is 0. The van der Waals surface area contributed by atoms with Gasteiger partial charge in [-0.1, -0.05) is 18.2 Å². The summed E-state index contributed by atoms with van der Waals surface area (Å²) in [5.41, 5.74) is -0.849. The van der Waals surface area contributed by atoms with Gasteiger partial charge in [-0.3, -0.25) is 4.31 Å². The fraction of sp³-hybridized carbons (Fsp3) is 0.333. The van der Waals surface area contributed by atoms with E-state index in [4.69, 9.17) is 0 Å². The number of benzene rings is 2. The van der Waals surface area contributed by atoms with Crippen molar-refractivity contribution < 1.29 is 17.2 Å². The second kappa shape index (κ2) is 7.79. The predicted octanol–water partition coefficient (Wildman–Crippen LogP) is 4.55. The summed E-state index contributed by atoms with van der Waals surface area (Å²) in [4.78, 5) is 0.0451. The van der Waals surface area contributed by atoms with Gasteiger partial charge in [0.25, 0.3) is 10.0 Å². The molecule has 1 heterocycles. The van der Waals surface area contributed by atoms with E-state index in [1.54, 1.807) is 50.5 Å². The van der Waals surface area contributed by atoms with E-state index in [1.165, 1.54) is 12.1 Å². The summed E-state index contributed by atoms with van der Waals surface area (Å²) in [6, 6.07) is 9.72. The third-order valence-electron chi connectivity index (χ3n) is 4.64. The quantitative estimate of drug-likeness (QED) is 0.591. The largest absolute Gasteiger partial charge is 0.311 e. The van der Waals surface area contributed by atoms with E-state index >= 15 is 0 Å². The van der Waals surface area contributed by atoms with Crippen LogP contribution in [0.25, 0.3) is 11.4 Å². The fourth-order valence-corrected chi connectivity index (χ4v) is 5.23. The third kappa shape index (κ3) is 3.81. The Hall–Kier alpha value is -2.81. The van der Waals surface area contributed by atoms with Gasteiger partial charge >= 0.3 is 0 Å². The van der Waals surface area contributed by atoms with Gasteiger partial charge in [-0.25, -0.2) is 17.2 Å². The molecule has 3 rings (SSSR count). The smallest absolute Gasteiger partial charge is 0.264 e. The van der Waals surface area contributed by atoms with E-state index in [9.17, 15) is 17.2 Å². The molecule has 30 heavy (non-hydrogen) atoms. The highest BCUT2D eigenvalue weighted by Crippen LogP contribution is 2.39. The van der Waals surface area contributed by atoms with Crippen molar-refractivity contribution in [2.75, 3.05) is 4.31 Å². The number of halogens is 2. The molecule has 0 aliphatic carbocycles. The molecule has 9 heteroatoms. The first-order valence-electron chi connectivity index (χ1n) is 9.48. The molecular formula is C21H24F2N4O2S. The Kier molecular flexibility index (Phi) is 5.68. The number of hydrogen-bond acceptors (Lipinski definition) is 4. The van der Waals surface area contributed by atoms with Gasteiger partial charge in [0.05, 0.1) is 10.6 Å². The fourth-order valence-electron chi connectivity index (χ4n) is 3.39. The Bertz CT molecular complexity index is 1170. The summed E-state index contributed by atoms with van der Waals surface area (Å²) in [5, 5.41) is 8.14. The van der Waals surface area contributed by atoms with Gasteiger partial charge in [0.1, 0.15) is 5.82 Å². The lowest BCUT2D eigenvalue weighted by atomic mass is 10.1. The maximum atomic E-state index is 14.4. The lowest BCUT2D eigenvalue weighted by Crippen LogP contribution is -2.46. The zero-order valence-corrected chi connectivity index (χ0v) is 18.3. The van der Waals surface area contributed by atoms with Crippen LogP contribution in [0.1, 0.15) is 33.5 Å². The highest BCUT2D eigenvalue weighted by atomic mass is 32.2. The summed E-state index contributed by atoms with van der Waals surface area (Å²) in [6.07, 6.45) is 0. The van der Waals surface area contributed by atoms with Crippen molar-refractivity contribution in [3.63, 3.8) is 0 Å². The van der Waals surface area contributed by atoms with Crippen molar-refractivity contribution in [2.24, 2.45) is 0 Å². The number of aromatic nitrogens is 3.